The van der Waals surface area contributed by atoms with Crippen LogP contribution < -0.4 is 10.3 Å². The van der Waals surface area contributed by atoms with Gasteiger partial charge in [-0.15, -0.1) is 0 Å². The number of hydrogen-bond acceptors (Lipinski definition) is 5. The van der Waals surface area contributed by atoms with Crippen LogP contribution in [0.1, 0.15) is 84.4 Å². The fourth-order valence-electron chi connectivity index (χ4n) is 3.15. The van der Waals surface area contributed by atoms with Crippen molar-refractivity contribution in [2.24, 2.45) is 5.73 Å². The Hall–Kier alpha value is -0.960. The average molecular weight is 420 g/mol. The lowest BCUT2D eigenvalue weighted by Crippen LogP contribution is -2.40. The van der Waals surface area contributed by atoms with E-state index in [-0.39, 0.29) is 6.61 Å². The van der Waals surface area contributed by atoms with Gasteiger partial charge in [0.05, 0.1) is 13.2 Å². The minimum Gasteiger partial charge on any atom is -0.726 e. The third-order valence-corrected chi connectivity index (χ3v) is 5.09. The Morgan fingerprint density at radius 1 is 1.04 bits per heavy atom. The van der Waals surface area contributed by atoms with Gasteiger partial charge in [-0.3, -0.25) is 4.18 Å². The van der Waals surface area contributed by atoms with E-state index >= 15 is 0 Å². The SMILES string of the molecule is CCCCCCCCCCCc1n(CC)cc[n+]1CCN.CCOS(=O)(=O)[O-]. The van der Waals surface area contributed by atoms with Crippen LogP contribution in [0.25, 0.3) is 0 Å². The molecule has 0 aliphatic heterocycles. The third-order valence-electron chi connectivity index (χ3n) is 4.57. The number of hydrogen-bond donors (Lipinski definition) is 1. The molecule has 7 nitrogen and oxygen atoms in total. The number of aromatic nitrogens is 2. The first kappa shape index (κ1) is 27.0. The summed E-state index contributed by atoms with van der Waals surface area (Å²) in [6.45, 7) is 8.56. The van der Waals surface area contributed by atoms with Gasteiger partial charge in [0.25, 0.3) is 5.82 Å². The van der Waals surface area contributed by atoms with Gasteiger partial charge in [0.15, 0.2) is 0 Å². The Morgan fingerprint density at radius 3 is 2.04 bits per heavy atom. The molecule has 0 radical (unpaired) electrons. The Balaban J connectivity index is 0.000000887. The van der Waals surface area contributed by atoms with E-state index in [1.54, 1.807) is 0 Å². The van der Waals surface area contributed by atoms with Crippen molar-refractivity contribution in [2.75, 3.05) is 13.2 Å². The molecule has 0 aromatic carbocycles. The van der Waals surface area contributed by atoms with Crippen molar-refractivity contribution in [3.8, 4) is 0 Å². The highest BCUT2D eigenvalue weighted by Gasteiger charge is 2.14. The second kappa shape index (κ2) is 16.9. The van der Waals surface area contributed by atoms with E-state index < -0.39 is 10.4 Å². The normalized spacial score (nSPS) is 11.3. The van der Waals surface area contributed by atoms with Crippen LogP contribution >= 0.6 is 0 Å². The zero-order valence-electron chi connectivity index (χ0n) is 18.1. The van der Waals surface area contributed by atoms with Gasteiger partial charge in [-0.1, -0.05) is 58.3 Å². The summed E-state index contributed by atoms with van der Waals surface area (Å²) >= 11 is 0. The van der Waals surface area contributed by atoms with Crippen LogP contribution in [0, 0.1) is 0 Å². The van der Waals surface area contributed by atoms with Crippen molar-refractivity contribution in [3.05, 3.63) is 18.2 Å². The summed E-state index contributed by atoms with van der Waals surface area (Å²) < 4.78 is 36.7. The number of nitrogens with two attached hydrogens (primary N) is 1. The van der Waals surface area contributed by atoms with Crippen LogP contribution in [0.3, 0.4) is 0 Å². The van der Waals surface area contributed by atoms with Crippen LogP contribution in [0.5, 0.6) is 0 Å². The van der Waals surface area contributed by atoms with Gasteiger partial charge in [-0.05, 0) is 20.3 Å². The van der Waals surface area contributed by atoms with E-state index in [2.05, 4.69) is 39.6 Å². The first-order valence-electron chi connectivity index (χ1n) is 10.8. The molecule has 28 heavy (non-hydrogen) atoms. The summed E-state index contributed by atoms with van der Waals surface area (Å²) in [4.78, 5) is 0. The smallest absolute Gasteiger partial charge is 0.256 e. The quantitative estimate of drug-likeness (QED) is 0.203. The van der Waals surface area contributed by atoms with E-state index in [4.69, 9.17) is 5.73 Å². The van der Waals surface area contributed by atoms with Crippen molar-refractivity contribution in [1.82, 2.24) is 4.57 Å². The van der Waals surface area contributed by atoms with Crippen LogP contribution in [-0.2, 0) is 34.1 Å². The fraction of sp³-hybridized carbons (Fsp3) is 0.850. The van der Waals surface area contributed by atoms with Crippen LogP contribution in [0.15, 0.2) is 12.4 Å². The zero-order valence-corrected chi connectivity index (χ0v) is 18.9. The van der Waals surface area contributed by atoms with Crippen LogP contribution in [0.4, 0.5) is 0 Å². The topological polar surface area (TPSA) is 101 Å². The fourth-order valence-corrected chi connectivity index (χ4v) is 3.44. The molecule has 1 heterocycles. The summed E-state index contributed by atoms with van der Waals surface area (Å²) in [5.74, 6) is 1.45. The number of rotatable bonds is 15. The Bertz CT molecular complexity index is 588. The number of unbranched alkanes of at least 4 members (excludes halogenated alkanes) is 8. The van der Waals surface area contributed by atoms with Crippen molar-refractivity contribution in [2.45, 2.75) is 98.1 Å². The van der Waals surface area contributed by atoms with E-state index in [1.807, 2.05) is 0 Å². The monoisotopic (exact) mass is 419 g/mol. The molecule has 0 bridgehead atoms. The summed E-state index contributed by atoms with van der Waals surface area (Å²) in [5, 5.41) is 0. The molecule has 0 aliphatic rings. The number of nitrogens with zero attached hydrogens (tertiary/aromatic N) is 2. The van der Waals surface area contributed by atoms with Crippen molar-refractivity contribution in [3.63, 3.8) is 0 Å². The molecule has 1 rings (SSSR count). The standard InChI is InChI=1S/C18H36N3.C2H6O4S/c1-3-5-6-7-8-9-10-11-12-13-18-20(4-2)16-17-21(18)15-14-19;1-2-6-7(3,4)5/h16-17H,3-15,19H2,1-2H3;2H2,1H3,(H,3,4,5)/q+1;/p-1. The molecule has 1 aromatic rings. The minimum absolute atomic E-state index is 0.0914. The highest BCUT2D eigenvalue weighted by Crippen LogP contribution is 2.11. The minimum atomic E-state index is -4.42. The lowest BCUT2D eigenvalue weighted by molar-refractivity contribution is -0.701. The molecule has 2 N–H and O–H groups in total. The van der Waals surface area contributed by atoms with Gasteiger partial charge in [0.2, 0.25) is 10.4 Å². The van der Waals surface area contributed by atoms with Gasteiger partial charge in [0, 0.05) is 13.0 Å². The molecule has 1 aromatic heterocycles. The first-order chi connectivity index (χ1) is 13.4. The summed E-state index contributed by atoms with van der Waals surface area (Å²) in [6.07, 6.45) is 18.1. The van der Waals surface area contributed by atoms with Gasteiger partial charge < -0.3 is 10.3 Å². The second-order valence-electron chi connectivity index (χ2n) is 6.88. The van der Waals surface area contributed by atoms with Gasteiger partial charge in [0.1, 0.15) is 18.9 Å². The molecule has 166 valence electrons. The molecule has 0 aliphatic carbocycles. The largest absolute Gasteiger partial charge is 0.726 e. The third kappa shape index (κ3) is 14.1. The maximum absolute atomic E-state index is 9.45. The summed E-state index contributed by atoms with van der Waals surface area (Å²) in [5.41, 5.74) is 5.69. The maximum Gasteiger partial charge on any atom is 0.256 e. The van der Waals surface area contributed by atoms with E-state index in [0.717, 1.165) is 19.6 Å². The lowest BCUT2D eigenvalue weighted by atomic mass is 10.1. The Labute approximate surface area is 172 Å². The highest BCUT2D eigenvalue weighted by molar-refractivity contribution is 7.80. The molecule has 0 amide bonds. The van der Waals surface area contributed by atoms with Gasteiger partial charge in [-0.25, -0.2) is 17.6 Å². The molecule has 0 atom stereocenters. The molecular formula is C20H41N3O4S. The predicted molar refractivity (Wildman–Crippen MR) is 112 cm³/mol. The van der Waals surface area contributed by atoms with Crippen molar-refractivity contribution >= 4 is 10.4 Å². The molecule has 0 unspecified atom stereocenters. The lowest BCUT2D eigenvalue weighted by Gasteiger charge is -2.04. The Morgan fingerprint density at radius 2 is 1.61 bits per heavy atom. The molecule has 8 heteroatoms. The van der Waals surface area contributed by atoms with Crippen LogP contribution in [-0.4, -0.2) is 30.7 Å². The molecule has 0 spiro atoms. The van der Waals surface area contributed by atoms with Gasteiger partial charge in [-0.2, -0.15) is 0 Å². The van der Waals surface area contributed by atoms with E-state index in [1.165, 1.54) is 77.0 Å². The maximum atomic E-state index is 9.45. The van der Waals surface area contributed by atoms with Crippen molar-refractivity contribution in [1.29, 1.82) is 0 Å². The molecular weight excluding hydrogens is 378 g/mol. The average Bonchev–Trinajstić information content (AvgIpc) is 3.02. The summed E-state index contributed by atoms with van der Waals surface area (Å²) in [6, 6.07) is 0. The molecule has 0 fully saturated rings. The van der Waals surface area contributed by atoms with E-state index in [9.17, 15) is 13.0 Å². The summed E-state index contributed by atoms with van der Waals surface area (Å²) in [7, 11) is -4.42. The van der Waals surface area contributed by atoms with Gasteiger partial charge >= 0.3 is 0 Å². The molecule has 0 saturated heterocycles. The van der Waals surface area contributed by atoms with E-state index in [0.29, 0.717) is 0 Å². The van der Waals surface area contributed by atoms with Crippen LogP contribution in [0.2, 0.25) is 0 Å². The zero-order chi connectivity index (χ0) is 21.3. The highest BCUT2D eigenvalue weighted by atomic mass is 32.3. The Kier molecular flexibility index (Phi) is 16.4. The first-order valence-corrected chi connectivity index (χ1v) is 12.1. The number of aryl methyl sites for hydroxylation is 1. The number of imidazole rings is 1. The predicted octanol–water partition coefficient (Wildman–Crippen LogP) is 3.31. The molecule has 0 saturated carbocycles. The van der Waals surface area contributed by atoms with Crippen molar-refractivity contribution < 1.29 is 21.7 Å². The second-order valence-corrected chi connectivity index (χ2v) is 7.93.